The number of aromatic nitrogens is 2. The average molecular weight is 294 g/mol. The molecule has 22 heavy (non-hydrogen) atoms. The van der Waals surface area contributed by atoms with Crippen molar-refractivity contribution in [3.8, 4) is 5.75 Å². The van der Waals surface area contributed by atoms with E-state index in [1.807, 2.05) is 18.2 Å². The van der Waals surface area contributed by atoms with Gasteiger partial charge in [-0.05, 0) is 29.0 Å². The molecule has 3 aromatic rings. The van der Waals surface area contributed by atoms with Crippen molar-refractivity contribution in [3.05, 3.63) is 60.2 Å². The molecule has 0 amide bonds. The number of ketones is 1. The normalized spacial score (nSPS) is 10.6. The van der Waals surface area contributed by atoms with Crippen molar-refractivity contribution in [1.82, 2.24) is 9.55 Å². The van der Waals surface area contributed by atoms with E-state index in [0.29, 0.717) is 17.1 Å². The summed E-state index contributed by atoms with van der Waals surface area (Å²) in [5.74, 6) is 0.401. The van der Waals surface area contributed by atoms with E-state index in [4.69, 9.17) is 4.74 Å². The van der Waals surface area contributed by atoms with Crippen molar-refractivity contribution in [2.45, 2.75) is 6.92 Å². The van der Waals surface area contributed by atoms with Gasteiger partial charge < -0.3 is 9.30 Å². The molecule has 0 spiro atoms. The SMILES string of the molecule is CC(=O)Oc1ccc2cc(C(=O)c3nccn3C)ccc2c1. The largest absolute Gasteiger partial charge is 0.427 e. The van der Waals surface area contributed by atoms with Gasteiger partial charge >= 0.3 is 5.97 Å². The van der Waals surface area contributed by atoms with Gasteiger partial charge in [-0.2, -0.15) is 0 Å². The van der Waals surface area contributed by atoms with Crippen LogP contribution in [0.5, 0.6) is 5.75 Å². The third kappa shape index (κ3) is 2.61. The van der Waals surface area contributed by atoms with Crippen LogP contribution in [0.2, 0.25) is 0 Å². The molecule has 0 aliphatic carbocycles. The molecule has 0 bridgehead atoms. The second-order valence-electron chi connectivity index (χ2n) is 5.01. The fourth-order valence-corrected chi connectivity index (χ4v) is 2.31. The maximum atomic E-state index is 12.4. The molecule has 0 saturated carbocycles. The zero-order chi connectivity index (χ0) is 15.7. The van der Waals surface area contributed by atoms with Crippen molar-refractivity contribution in [2.75, 3.05) is 0 Å². The second-order valence-corrected chi connectivity index (χ2v) is 5.01. The number of ether oxygens (including phenoxy) is 1. The maximum absolute atomic E-state index is 12.4. The second kappa shape index (κ2) is 5.44. The van der Waals surface area contributed by atoms with Crippen molar-refractivity contribution in [1.29, 1.82) is 0 Å². The number of benzene rings is 2. The van der Waals surface area contributed by atoms with Gasteiger partial charge in [0.25, 0.3) is 0 Å². The van der Waals surface area contributed by atoms with Gasteiger partial charge in [-0.25, -0.2) is 4.98 Å². The molecule has 0 N–H and O–H groups in total. The summed E-state index contributed by atoms with van der Waals surface area (Å²) in [5.41, 5.74) is 0.571. The summed E-state index contributed by atoms with van der Waals surface area (Å²) >= 11 is 0. The Morgan fingerprint density at radius 3 is 2.50 bits per heavy atom. The predicted octanol–water partition coefficient (Wildman–Crippen LogP) is 2.73. The number of hydrogen-bond acceptors (Lipinski definition) is 4. The summed E-state index contributed by atoms with van der Waals surface area (Å²) in [5, 5.41) is 1.80. The Labute approximate surface area is 127 Å². The molecular weight excluding hydrogens is 280 g/mol. The minimum Gasteiger partial charge on any atom is -0.427 e. The third-order valence-corrected chi connectivity index (χ3v) is 3.36. The van der Waals surface area contributed by atoms with Crippen LogP contribution in [-0.2, 0) is 11.8 Å². The molecule has 0 saturated heterocycles. The van der Waals surface area contributed by atoms with E-state index in [0.717, 1.165) is 10.8 Å². The molecular formula is C17H14N2O3. The molecule has 0 atom stereocenters. The lowest BCUT2D eigenvalue weighted by Gasteiger charge is -2.06. The fourth-order valence-electron chi connectivity index (χ4n) is 2.31. The van der Waals surface area contributed by atoms with Gasteiger partial charge in [0.05, 0.1) is 0 Å². The Hall–Kier alpha value is -2.95. The molecule has 0 fully saturated rings. The molecule has 5 heteroatoms. The first-order valence-electron chi connectivity index (χ1n) is 6.79. The highest BCUT2D eigenvalue weighted by molar-refractivity contribution is 6.08. The molecule has 0 radical (unpaired) electrons. The average Bonchev–Trinajstić information content (AvgIpc) is 2.91. The Kier molecular flexibility index (Phi) is 3.47. The van der Waals surface area contributed by atoms with Gasteiger partial charge in [-0.3, -0.25) is 9.59 Å². The number of aryl methyl sites for hydroxylation is 1. The number of imidazole rings is 1. The summed E-state index contributed by atoms with van der Waals surface area (Å²) in [6.07, 6.45) is 3.33. The van der Waals surface area contributed by atoms with Crippen molar-refractivity contribution in [3.63, 3.8) is 0 Å². The van der Waals surface area contributed by atoms with Crippen LogP contribution in [-0.4, -0.2) is 21.3 Å². The van der Waals surface area contributed by atoms with Crippen LogP contribution >= 0.6 is 0 Å². The Morgan fingerprint density at radius 2 is 1.82 bits per heavy atom. The van der Waals surface area contributed by atoms with E-state index < -0.39 is 0 Å². The summed E-state index contributed by atoms with van der Waals surface area (Å²) in [6.45, 7) is 1.36. The molecule has 0 unspecified atom stereocenters. The summed E-state index contributed by atoms with van der Waals surface area (Å²) in [4.78, 5) is 27.5. The molecule has 0 aliphatic rings. The van der Waals surface area contributed by atoms with Gasteiger partial charge in [0.1, 0.15) is 5.75 Å². The van der Waals surface area contributed by atoms with Gasteiger partial charge in [0.15, 0.2) is 5.82 Å². The van der Waals surface area contributed by atoms with Crippen LogP contribution in [0.4, 0.5) is 0 Å². The standard InChI is InChI=1S/C17H14N2O3/c1-11(20)22-15-6-5-12-9-14(4-3-13(12)10-15)16(21)17-18-7-8-19(17)2/h3-10H,1-2H3. The number of carbonyl (C=O) groups excluding carboxylic acids is 2. The Balaban J connectivity index is 1.98. The highest BCUT2D eigenvalue weighted by atomic mass is 16.5. The van der Waals surface area contributed by atoms with Crippen LogP contribution in [0.3, 0.4) is 0 Å². The van der Waals surface area contributed by atoms with Crippen LogP contribution in [0, 0.1) is 0 Å². The number of fused-ring (bicyclic) bond motifs is 1. The van der Waals surface area contributed by atoms with Crippen molar-refractivity contribution in [2.24, 2.45) is 7.05 Å². The first-order valence-corrected chi connectivity index (χ1v) is 6.79. The van der Waals surface area contributed by atoms with Gasteiger partial charge in [-0.1, -0.05) is 18.2 Å². The van der Waals surface area contributed by atoms with Gasteiger partial charge in [-0.15, -0.1) is 0 Å². The van der Waals surface area contributed by atoms with E-state index >= 15 is 0 Å². The monoisotopic (exact) mass is 294 g/mol. The lowest BCUT2D eigenvalue weighted by Crippen LogP contribution is -2.08. The number of rotatable bonds is 3. The van der Waals surface area contributed by atoms with Crippen LogP contribution in [0.15, 0.2) is 48.8 Å². The zero-order valence-electron chi connectivity index (χ0n) is 12.2. The lowest BCUT2D eigenvalue weighted by molar-refractivity contribution is -0.131. The molecule has 2 aromatic carbocycles. The number of esters is 1. The van der Waals surface area contributed by atoms with E-state index in [1.165, 1.54) is 6.92 Å². The number of hydrogen-bond donors (Lipinski definition) is 0. The third-order valence-electron chi connectivity index (χ3n) is 3.36. The topological polar surface area (TPSA) is 61.2 Å². The van der Waals surface area contributed by atoms with E-state index in [-0.39, 0.29) is 11.8 Å². The van der Waals surface area contributed by atoms with Crippen molar-refractivity contribution >= 4 is 22.5 Å². The first-order chi connectivity index (χ1) is 10.5. The van der Waals surface area contributed by atoms with Crippen LogP contribution in [0.25, 0.3) is 10.8 Å². The summed E-state index contributed by atoms with van der Waals surface area (Å²) in [7, 11) is 1.78. The summed E-state index contributed by atoms with van der Waals surface area (Å²) in [6, 6.07) is 10.7. The fraction of sp³-hybridized carbons (Fsp3) is 0.118. The molecule has 3 rings (SSSR count). The van der Waals surface area contributed by atoms with Crippen molar-refractivity contribution < 1.29 is 14.3 Å². The quantitative estimate of drug-likeness (QED) is 0.423. The van der Waals surface area contributed by atoms with Gasteiger partial charge in [0.2, 0.25) is 5.78 Å². The van der Waals surface area contributed by atoms with Gasteiger partial charge in [0, 0.05) is 31.9 Å². The predicted molar refractivity (Wildman–Crippen MR) is 81.9 cm³/mol. The highest BCUT2D eigenvalue weighted by Gasteiger charge is 2.14. The number of nitrogens with zero attached hydrogens (tertiary/aromatic N) is 2. The Bertz CT molecular complexity index is 880. The van der Waals surface area contributed by atoms with E-state index in [1.54, 1.807) is 42.2 Å². The number of carbonyl (C=O) groups is 2. The first kappa shape index (κ1) is 14.0. The molecule has 110 valence electrons. The lowest BCUT2D eigenvalue weighted by atomic mass is 10.0. The molecule has 5 nitrogen and oxygen atoms in total. The Morgan fingerprint density at radius 1 is 1.09 bits per heavy atom. The molecule has 1 aromatic heterocycles. The van der Waals surface area contributed by atoms with Crippen LogP contribution in [0.1, 0.15) is 23.1 Å². The van der Waals surface area contributed by atoms with E-state index in [2.05, 4.69) is 4.98 Å². The molecule has 1 heterocycles. The zero-order valence-corrected chi connectivity index (χ0v) is 12.2. The molecule has 0 aliphatic heterocycles. The van der Waals surface area contributed by atoms with E-state index in [9.17, 15) is 9.59 Å². The highest BCUT2D eigenvalue weighted by Crippen LogP contribution is 2.23. The maximum Gasteiger partial charge on any atom is 0.308 e. The minimum atomic E-state index is -0.360. The minimum absolute atomic E-state index is 0.126. The van der Waals surface area contributed by atoms with Crippen LogP contribution < -0.4 is 4.74 Å². The summed E-state index contributed by atoms with van der Waals surface area (Å²) < 4.78 is 6.75. The smallest absolute Gasteiger partial charge is 0.308 e.